The van der Waals surface area contributed by atoms with Gasteiger partial charge in [0.25, 0.3) is 5.91 Å². The van der Waals surface area contributed by atoms with E-state index < -0.39 is 10.0 Å². The van der Waals surface area contributed by atoms with E-state index in [4.69, 9.17) is 0 Å². The van der Waals surface area contributed by atoms with Gasteiger partial charge in [0.15, 0.2) is 0 Å². The van der Waals surface area contributed by atoms with Crippen molar-refractivity contribution < 1.29 is 13.2 Å². The summed E-state index contributed by atoms with van der Waals surface area (Å²) in [6.07, 6.45) is 3.17. The normalized spacial score (nSPS) is 11.2. The molecule has 3 aromatic rings. The molecule has 1 amide bonds. The van der Waals surface area contributed by atoms with Crippen LogP contribution in [0.5, 0.6) is 0 Å². The predicted octanol–water partition coefficient (Wildman–Crippen LogP) is 5.24. The van der Waals surface area contributed by atoms with E-state index in [0.717, 1.165) is 27.3 Å². The van der Waals surface area contributed by atoms with Crippen LogP contribution >= 0.6 is 11.8 Å². The van der Waals surface area contributed by atoms with E-state index >= 15 is 0 Å². The largest absolute Gasteiger partial charge is 0.321 e. The highest BCUT2D eigenvalue weighted by molar-refractivity contribution is 7.98. The van der Waals surface area contributed by atoms with Gasteiger partial charge < -0.3 is 5.32 Å². The number of sulfonamides is 1. The number of nitrogens with zero attached hydrogens (tertiary/aromatic N) is 1. The van der Waals surface area contributed by atoms with Crippen LogP contribution in [-0.4, -0.2) is 26.8 Å². The van der Waals surface area contributed by atoms with E-state index in [1.165, 1.54) is 10.6 Å². The Morgan fingerprint density at radius 1 is 0.968 bits per heavy atom. The Hall–Kier alpha value is -2.77. The summed E-state index contributed by atoms with van der Waals surface area (Å²) in [7, 11) is -3.47. The highest BCUT2D eigenvalue weighted by Gasteiger charge is 2.19. The minimum atomic E-state index is -3.47. The van der Waals surface area contributed by atoms with Crippen molar-refractivity contribution in [2.75, 3.05) is 22.1 Å². The summed E-state index contributed by atoms with van der Waals surface area (Å²) < 4.78 is 26.3. The molecule has 0 radical (unpaired) electrons. The quantitative estimate of drug-likeness (QED) is 0.496. The minimum absolute atomic E-state index is 0.193. The van der Waals surface area contributed by atoms with Gasteiger partial charge in [-0.25, -0.2) is 8.42 Å². The van der Waals surface area contributed by atoms with Crippen LogP contribution in [0.2, 0.25) is 0 Å². The molecule has 3 aromatic carbocycles. The predicted molar refractivity (Wildman–Crippen MR) is 130 cm³/mol. The second-order valence-corrected chi connectivity index (χ2v) is 10.2. The second-order valence-electron chi connectivity index (χ2n) is 7.47. The first kappa shape index (κ1) is 22.9. The van der Waals surface area contributed by atoms with E-state index in [1.807, 2.05) is 62.6 Å². The van der Waals surface area contributed by atoms with Crippen LogP contribution < -0.4 is 9.62 Å². The summed E-state index contributed by atoms with van der Waals surface area (Å²) in [6, 6.07) is 20.4. The number of aryl methyl sites for hydroxylation is 2. The van der Waals surface area contributed by atoms with Gasteiger partial charge in [0.05, 0.1) is 24.2 Å². The molecule has 5 nitrogen and oxygen atoms in total. The number of amides is 1. The lowest BCUT2D eigenvalue weighted by Gasteiger charge is -2.23. The van der Waals surface area contributed by atoms with Crippen molar-refractivity contribution >= 4 is 39.1 Å². The highest BCUT2D eigenvalue weighted by Crippen LogP contribution is 2.26. The first-order valence-electron chi connectivity index (χ1n) is 9.76. The van der Waals surface area contributed by atoms with E-state index in [0.29, 0.717) is 11.3 Å². The van der Waals surface area contributed by atoms with Gasteiger partial charge in [0.2, 0.25) is 10.0 Å². The van der Waals surface area contributed by atoms with Gasteiger partial charge in [-0.3, -0.25) is 9.10 Å². The molecule has 7 heteroatoms. The number of carbonyl (C=O) groups is 1. The molecule has 0 bridgehead atoms. The fourth-order valence-corrected chi connectivity index (χ4v) is 4.79. The molecule has 162 valence electrons. The number of hydrogen-bond donors (Lipinski definition) is 1. The standard InChI is InChI=1S/C24H26N2O3S2/c1-17-13-18(2)15-21(14-17)26(31(4,28)29)16-19-9-11-20(12-10-19)24(27)25-22-7-5-6-8-23(22)30-3/h5-15H,16H2,1-4H3,(H,25,27). The van der Waals surface area contributed by atoms with Crippen molar-refractivity contribution in [3.8, 4) is 0 Å². The summed E-state index contributed by atoms with van der Waals surface area (Å²) in [6.45, 7) is 4.08. The number of carbonyl (C=O) groups excluding carboxylic acids is 1. The summed E-state index contributed by atoms with van der Waals surface area (Å²) in [4.78, 5) is 13.6. The fraction of sp³-hybridized carbons (Fsp3) is 0.208. The van der Waals surface area contributed by atoms with Crippen LogP contribution in [0.25, 0.3) is 0 Å². The average Bonchev–Trinajstić information content (AvgIpc) is 2.71. The van der Waals surface area contributed by atoms with E-state index in [2.05, 4.69) is 5.32 Å². The van der Waals surface area contributed by atoms with Gasteiger partial charge in [-0.05, 0) is 73.2 Å². The van der Waals surface area contributed by atoms with Gasteiger partial charge in [-0.1, -0.05) is 30.3 Å². The molecular formula is C24H26N2O3S2. The highest BCUT2D eigenvalue weighted by atomic mass is 32.2. The van der Waals surface area contributed by atoms with Gasteiger partial charge in [-0.2, -0.15) is 0 Å². The van der Waals surface area contributed by atoms with Crippen LogP contribution in [0, 0.1) is 13.8 Å². The zero-order valence-corrected chi connectivity index (χ0v) is 19.7. The summed E-state index contributed by atoms with van der Waals surface area (Å²) in [5.41, 5.74) is 4.71. The third kappa shape index (κ3) is 5.89. The molecular weight excluding hydrogens is 428 g/mol. The molecule has 0 spiro atoms. The Morgan fingerprint density at radius 3 is 2.16 bits per heavy atom. The van der Waals surface area contributed by atoms with Crippen molar-refractivity contribution in [1.29, 1.82) is 0 Å². The molecule has 0 unspecified atom stereocenters. The van der Waals surface area contributed by atoms with Crippen LogP contribution in [0.15, 0.2) is 71.6 Å². The van der Waals surface area contributed by atoms with Crippen molar-refractivity contribution in [2.24, 2.45) is 0 Å². The maximum Gasteiger partial charge on any atom is 0.255 e. The zero-order valence-electron chi connectivity index (χ0n) is 18.0. The molecule has 0 aliphatic carbocycles. The average molecular weight is 455 g/mol. The summed E-state index contributed by atoms with van der Waals surface area (Å²) in [5, 5.41) is 2.93. The van der Waals surface area contributed by atoms with Crippen LogP contribution in [-0.2, 0) is 16.6 Å². The van der Waals surface area contributed by atoms with Crippen LogP contribution in [0.4, 0.5) is 11.4 Å². The smallest absolute Gasteiger partial charge is 0.255 e. The maximum absolute atomic E-state index is 12.6. The Bertz CT molecular complexity index is 1170. The molecule has 0 aliphatic heterocycles. The third-order valence-electron chi connectivity index (χ3n) is 4.79. The van der Waals surface area contributed by atoms with Crippen molar-refractivity contribution in [3.63, 3.8) is 0 Å². The Labute approximate surface area is 188 Å². The number of anilines is 2. The first-order chi connectivity index (χ1) is 14.7. The number of hydrogen-bond acceptors (Lipinski definition) is 4. The summed E-state index contributed by atoms with van der Waals surface area (Å²) in [5.74, 6) is -0.206. The topological polar surface area (TPSA) is 66.5 Å². The van der Waals surface area contributed by atoms with Gasteiger partial charge >= 0.3 is 0 Å². The first-order valence-corrected chi connectivity index (χ1v) is 12.8. The lowest BCUT2D eigenvalue weighted by Crippen LogP contribution is -2.29. The van der Waals surface area contributed by atoms with Crippen molar-refractivity contribution in [1.82, 2.24) is 0 Å². The van der Waals surface area contributed by atoms with Crippen LogP contribution in [0.1, 0.15) is 27.0 Å². The molecule has 0 saturated heterocycles. The maximum atomic E-state index is 12.6. The third-order valence-corrected chi connectivity index (χ3v) is 6.73. The van der Waals surface area contributed by atoms with Gasteiger partial charge in [0, 0.05) is 10.5 Å². The lowest BCUT2D eigenvalue weighted by molar-refractivity contribution is 0.102. The monoisotopic (exact) mass is 454 g/mol. The molecule has 0 saturated carbocycles. The fourth-order valence-electron chi connectivity index (χ4n) is 3.36. The molecule has 3 rings (SSSR count). The van der Waals surface area contributed by atoms with Gasteiger partial charge in [-0.15, -0.1) is 11.8 Å². The van der Waals surface area contributed by atoms with E-state index in [1.54, 1.807) is 36.0 Å². The lowest BCUT2D eigenvalue weighted by atomic mass is 10.1. The number of para-hydroxylation sites is 1. The number of thioether (sulfide) groups is 1. The molecule has 0 fully saturated rings. The Morgan fingerprint density at radius 2 is 1.58 bits per heavy atom. The SMILES string of the molecule is CSc1ccccc1NC(=O)c1ccc(CN(c2cc(C)cc(C)c2)S(C)(=O)=O)cc1. The molecule has 1 N–H and O–H groups in total. The molecule has 0 aromatic heterocycles. The number of nitrogens with one attached hydrogen (secondary N) is 1. The van der Waals surface area contributed by atoms with Crippen molar-refractivity contribution in [3.05, 3.63) is 89.0 Å². The zero-order chi connectivity index (χ0) is 22.6. The second kappa shape index (κ2) is 9.58. The Balaban J connectivity index is 1.80. The molecule has 0 aliphatic rings. The number of benzene rings is 3. The Kier molecular flexibility index (Phi) is 7.08. The van der Waals surface area contributed by atoms with E-state index in [-0.39, 0.29) is 12.5 Å². The van der Waals surface area contributed by atoms with Crippen LogP contribution in [0.3, 0.4) is 0 Å². The summed E-state index contributed by atoms with van der Waals surface area (Å²) >= 11 is 1.57. The van der Waals surface area contributed by atoms with E-state index in [9.17, 15) is 13.2 Å². The van der Waals surface area contributed by atoms with Gasteiger partial charge in [0.1, 0.15) is 0 Å². The molecule has 31 heavy (non-hydrogen) atoms. The molecule has 0 atom stereocenters. The number of rotatable bonds is 7. The van der Waals surface area contributed by atoms with Crippen molar-refractivity contribution in [2.45, 2.75) is 25.3 Å². The minimum Gasteiger partial charge on any atom is -0.321 e. The molecule has 0 heterocycles.